The van der Waals surface area contributed by atoms with Crippen molar-refractivity contribution in [3.05, 3.63) is 66.8 Å². The Balaban J connectivity index is 2.27. The largest absolute Gasteiger partial charge is 0.450 e. The van der Waals surface area contributed by atoms with E-state index in [1.807, 2.05) is 55.7 Å². The molecule has 0 saturated heterocycles. The Morgan fingerprint density at radius 1 is 1.35 bits per heavy atom. The molecule has 23 heavy (non-hydrogen) atoms. The van der Waals surface area contributed by atoms with Crippen molar-refractivity contribution in [1.29, 1.82) is 0 Å². The molecule has 2 aromatic rings. The Labute approximate surface area is 137 Å². The van der Waals surface area contributed by atoms with Gasteiger partial charge >= 0.3 is 5.97 Å². The molecule has 0 spiro atoms. The van der Waals surface area contributed by atoms with E-state index in [0.717, 1.165) is 5.56 Å². The molecule has 1 unspecified atom stereocenters. The lowest BCUT2D eigenvalue weighted by Gasteiger charge is -2.28. The van der Waals surface area contributed by atoms with Gasteiger partial charge in [-0.25, -0.2) is 9.78 Å². The molecule has 0 saturated carbocycles. The summed E-state index contributed by atoms with van der Waals surface area (Å²) in [5.41, 5.74) is 0.942. The van der Waals surface area contributed by atoms with Crippen LogP contribution in [0.4, 0.5) is 0 Å². The molecule has 1 atom stereocenters. The van der Waals surface area contributed by atoms with Crippen molar-refractivity contribution in [3.8, 4) is 0 Å². The van der Waals surface area contributed by atoms with Crippen LogP contribution in [0.3, 0.4) is 0 Å². The number of carbonyl (C=O) groups is 1. The maximum Gasteiger partial charge on any atom is 0.357 e. The van der Waals surface area contributed by atoms with E-state index >= 15 is 0 Å². The Morgan fingerprint density at radius 2 is 2.00 bits per heavy atom. The summed E-state index contributed by atoms with van der Waals surface area (Å²) in [4.78, 5) is 16.8. The average Bonchev–Trinajstić information content (AvgIpc) is 3.09. The molecular weight excluding hydrogens is 288 g/mol. The van der Waals surface area contributed by atoms with Gasteiger partial charge in [0.05, 0.1) is 18.6 Å². The zero-order valence-corrected chi connectivity index (χ0v) is 14.0. The van der Waals surface area contributed by atoms with Crippen molar-refractivity contribution >= 4 is 5.97 Å². The van der Waals surface area contributed by atoms with Crippen LogP contribution in [0.5, 0.6) is 0 Å². The molecule has 2 rings (SSSR count). The highest BCUT2D eigenvalue weighted by Gasteiger charge is 2.29. The van der Waals surface area contributed by atoms with Crippen molar-refractivity contribution < 1.29 is 9.53 Å². The first-order valence-corrected chi connectivity index (χ1v) is 8.00. The quantitative estimate of drug-likeness (QED) is 0.562. The van der Waals surface area contributed by atoms with E-state index in [1.165, 1.54) is 0 Å². The molecule has 0 fully saturated rings. The molecule has 0 aliphatic heterocycles. The van der Waals surface area contributed by atoms with Crippen LogP contribution in [-0.2, 0) is 4.74 Å². The Bertz CT molecular complexity index is 657. The summed E-state index contributed by atoms with van der Waals surface area (Å²) < 4.78 is 7.58. The molecule has 1 aromatic heterocycles. The molecule has 1 aromatic carbocycles. The van der Waals surface area contributed by atoms with Crippen LogP contribution in [0.2, 0.25) is 0 Å². The zero-order valence-electron chi connectivity index (χ0n) is 14.0. The molecule has 122 valence electrons. The maximum atomic E-state index is 12.6. The van der Waals surface area contributed by atoms with Gasteiger partial charge in [-0.2, -0.15) is 0 Å². The third kappa shape index (κ3) is 3.52. The highest BCUT2D eigenvalue weighted by Crippen LogP contribution is 2.25. The maximum absolute atomic E-state index is 12.6. The SMILES string of the molecule is C=CC(CC)(CC)OC(=O)c1cncn1C(C)c1ccccc1. The average molecular weight is 312 g/mol. The van der Waals surface area contributed by atoms with Crippen molar-refractivity contribution in [2.45, 2.75) is 45.3 Å². The summed E-state index contributed by atoms with van der Waals surface area (Å²) in [6.45, 7) is 9.83. The van der Waals surface area contributed by atoms with E-state index in [1.54, 1.807) is 18.6 Å². The minimum Gasteiger partial charge on any atom is -0.450 e. The summed E-state index contributed by atoms with van der Waals surface area (Å²) in [5, 5.41) is 0. The van der Waals surface area contributed by atoms with Gasteiger partial charge in [-0.3, -0.25) is 0 Å². The Morgan fingerprint density at radius 3 is 2.57 bits per heavy atom. The topological polar surface area (TPSA) is 44.1 Å². The van der Waals surface area contributed by atoms with E-state index in [2.05, 4.69) is 11.6 Å². The second-order valence-electron chi connectivity index (χ2n) is 5.64. The lowest BCUT2D eigenvalue weighted by atomic mass is 9.97. The zero-order chi connectivity index (χ0) is 16.9. The van der Waals surface area contributed by atoms with Gasteiger partial charge in [-0.05, 0) is 31.4 Å². The molecule has 0 bridgehead atoms. The number of rotatable bonds is 7. The standard InChI is InChI=1S/C19H24N2O2/c1-5-19(6-2,7-3)23-18(22)17-13-20-14-21(17)15(4)16-11-9-8-10-12-16/h5,8-15H,1,6-7H2,2-4H3. The number of aromatic nitrogens is 2. The van der Waals surface area contributed by atoms with Gasteiger partial charge in [0.25, 0.3) is 0 Å². The second kappa shape index (κ2) is 7.27. The van der Waals surface area contributed by atoms with Crippen LogP contribution in [0.25, 0.3) is 0 Å². The van der Waals surface area contributed by atoms with Crippen LogP contribution < -0.4 is 0 Å². The fourth-order valence-electron chi connectivity index (χ4n) is 2.63. The number of benzene rings is 1. The molecule has 0 N–H and O–H groups in total. The van der Waals surface area contributed by atoms with Crippen molar-refractivity contribution in [2.75, 3.05) is 0 Å². The van der Waals surface area contributed by atoms with Crippen LogP contribution in [-0.4, -0.2) is 21.1 Å². The first-order chi connectivity index (χ1) is 11.1. The normalized spacial score (nSPS) is 12.7. The summed E-state index contributed by atoms with van der Waals surface area (Å²) in [6.07, 6.45) is 6.33. The van der Waals surface area contributed by atoms with Gasteiger partial charge in [0, 0.05) is 0 Å². The van der Waals surface area contributed by atoms with E-state index in [4.69, 9.17) is 4.74 Å². The van der Waals surface area contributed by atoms with Crippen LogP contribution in [0.1, 0.15) is 55.7 Å². The predicted octanol–water partition coefficient (Wildman–Crippen LogP) is 4.39. The summed E-state index contributed by atoms with van der Waals surface area (Å²) in [5.74, 6) is -0.367. The number of hydrogen-bond acceptors (Lipinski definition) is 3. The van der Waals surface area contributed by atoms with E-state index in [9.17, 15) is 4.79 Å². The fraction of sp³-hybridized carbons (Fsp3) is 0.368. The Hall–Kier alpha value is -2.36. The monoisotopic (exact) mass is 312 g/mol. The lowest BCUT2D eigenvalue weighted by molar-refractivity contribution is -0.000398. The van der Waals surface area contributed by atoms with Crippen LogP contribution >= 0.6 is 0 Å². The van der Waals surface area contributed by atoms with E-state index in [0.29, 0.717) is 18.5 Å². The highest BCUT2D eigenvalue weighted by molar-refractivity contribution is 5.87. The predicted molar refractivity (Wildman–Crippen MR) is 91.4 cm³/mol. The molecule has 1 heterocycles. The fourth-order valence-corrected chi connectivity index (χ4v) is 2.63. The number of hydrogen-bond donors (Lipinski definition) is 0. The molecule has 4 nitrogen and oxygen atoms in total. The van der Waals surface area contributed by atoms with Crippen molar-refractivity contribution in [3.63, 3.8) is 0 Å². The van der Waals surface area contributed by atoms with Gasteiger partial charge in [0.15, 0.2) is 0 Å². The summed E-state index contributed by atoms with van der Waals surface area (Å²) in [6, 6.07) is 10.0. The molecule has 0 radical (unpaired) electrons. The van der Waals surface area contributed by atoms with Crippen LogP contribution in [0.15, 0.2) is 55.5 Å². The van der Waals surface area contributed by atoms with Crippen LogP contribution in [0, 0.1) is 0 Å². The second-order valence-corrected chi connectivity index (χ2v) is 5.64. The van der Waals surface area contributed by atoms with Gasteiger partial charge < -0.3 is 9.30 Å². The van der Waals surface area contributed by atoms with Crippen molar-refractivity contribution in [1.82, 2.24) is 9.55 Å². The van der Waals surface area contributed by atoms with Gasteiger partial charge in [0.1, 0.15) is 11.3 Å². The number of imidazole rings is 1. The Kier molecular flexibility index (Phi) is 5.37. The number of nitrogens with zero attached hydrogens (tertiary/aromatic N) is 2. The summed E-state index contributed by atoms with van der Waals surface area (Å²) >= 11 is 0. The van der Waals surface area contributed by atoms with E-state index < -0.39 is 5.60 Å². The summed E-state index contributed by atoms with van der Waals surface area (Å²) in [7, 11) is 0. The minimum absolute atomic E-state index is 0.00244. The first kappa shape index (κ1) is 17.0. The number of esters is 1. The smallest absolute Gasteiger partial charge is 0.357 e. The number of ether oxygens (including phenoxy) is 1. The van der Waals surface area contributed by atoms with Gasteiger partial charge in [-0.1, -0.05) is 50.8 Å². The lowest BCUT2D eigenvalue weighted by Crippen LogP contribution is -2.32. The molecule has 4 heteroatoms. The molecule has 0 aliphatic rings. The minimum atomic E-state index is -0.623. The molecular formula is C19H24N2O2. The number of carbonyl (C=O) groups excluding carboxylic acids is 1. The molecule has 0 aliphatic carbocycles. The highest BCUT2D eigenvalue weighted by atomic mass is 16.6. The third-order valence-corrected chi connectivity index (χ3v) is 4.44. The van der Waals surface area contributed by atoms with Gasteiger partial charge in [-0.15, -0.1) is 0 Å². The van der Waals surface area contributed by atoms with E-state index in [-0.39, 0.29) is 12.0 Å². The first-order valence-electron chi connectivity index (χ1n) is 8.00. The van der Waals surface area contributed by atoms with Gasteiger partial charge in [0.2, 0.25) is 0 Å². The third-order valence-electron chi connectivity index (χ3n) is 4.44. The molecule has 0 amide bonds. The van der Waals surface area contributed by atoms with Crippen molar-refractivity contribution in [2.24, 2.45) is 0 Å².